The van der Waals surface area contributed by atoms with E-state index in [1.54, 1.807) is 25.1 Å². The molecule has 1 amide bonds. The van der Waals surface area contributed by atoms with Gasteiger partial charge in [-0.05, 0) is 31.0 Å². The molecule has 1 atom stereocenters. The summed E-state index contributed by atoms with van der Waals surface area (Å²) in [7, 11) is 3.07. The summed E-state index contributed by atoms with van der Waals surface area (Å²) in [6.45, 7) is 7.23. The number of carbonyl (C=O) groups is 2. The number of nitrogens with zero attached hydrogens (tertiary/aromatic N) is 1. The minimum absolute atomic E-state index is 0.166. The Morgan fingerprint density at radius 1 is 1.21 bits per heavy atom. The van der Waals surface area contributed by atoms with Crippen molar-refractivity contribution in [2.75, 3.05) is 20.8 Å². The van der Waals surface area contributed by atoms with E-state index in [9.17, 15) is 9.59 Å². The van der Waals surface area contributed by atoms with E-state index in [2.05, 4.69) is 6.58 Å². The molecule has 0 aliphatic heterocycles. The molecule has 0 aliphatic carbocycles. The first-order chi connectivity index (χ1) is 11.3. The maximum absolute atomic E-state index is 12.6. The number of aliphatic carboxylic acids is 1. The molecule has 1 unspecified atom stereocenters. The van der Waals surface area contributed by atoms with E-state index in [1.165, 1.54) is 19.1 Å². The molecule has 0 bridgehead atoms. The van der Waals surface area contributed by atoms with Crippen molar-refractivity contribution < 1.29 is 24.2 Å². The van der Waals surface area contributed by atoms with Crippen molar-refractivity contribution in [1.29, 1.82) is 0 Å². The van der Waals surface area contributed by atoms with E-state index in [-0.39, 0.29) is 24.9 Å². The standard InChI is InChI=1S/C18H25NO5/c1-12(2)6-13(3)18(22)19(11-17(20)21)10-14-7-15(23-4)9-16(8-14)24-5/h7-9,13H,1,6,10-11H2,2-5H3,(H,20,21). The lowest BCUT2D eigenvalue weighted by molar-refractivity contribution is -0.146. The Balaban J connectivity index is 3.03. The number of carbonyl (C=O) groups excluding carboxylic acids is 1. The smallest absolute Gasteiger partial charge is 0.323 e. The molecule has 6 heteroatoms. The predicted octanol–water partition coefficient (Wildman–Crippen LogP) is 2.72. The molecule has 24 heavy (non-hydrogen) atoms. The van der Waals surface area contributed by atoms with E-state index < -0.39 is 5.97 Å². The first-order valence-corrected chi connectivity index (χ1v) is 7.63. The quantitative estimate of drug-likeness (QED) is 0.702. The number of carboxylic acids is 1. The SMILES string of the molecule is C=C(C)CC(C)C(=O)N(CC(=O)O)Cc1cc(OC)cc(OC)c1. The third kappa shape index (κ3) is 5.95. The Labute approximate surface area is 142 Å². The van der Waals surface area contributed by atoms with Gasteiger partial charge in [-0.3, -0.25) is 9.59 Å². The number of methoxy groups -OCH3 is 2. The Bertz CT molecular complexity index is 589. The van der Waals surface area contributed by atoms with Gasteiger partial charge in [0.05, 0.1) is 14.2 Å². The molecule has 0 heterocycles. The van der Waals surface area contributed by atoms with E-state index in [4.69, 9.17) is 14.6 Å². The van der Waals surface area contributed by atoms with Gasteiger partial charge in [0.2, 0.25) is 5.91 Å². The van der Waals surface area contributed by atoms with Crippen molar-refractivity contribution in [2.24, 2.45) is 5.92 Å². The molecule has 0 saturated carbocycles. The normalized spacial score (nSPS) is 11.5. The van der Waals surface area contributed by atoms with Crippen LogP contribution in [-0.2, 0) is 16.1 Å². The highest BCUT2D eigenvalue weighted by molar-refractivity contribution is 5.83. The van der Waals surface area contributed by atoms with Crippen LogP contribution in [0.25, 0.3) is 0 Å². The van der Waals surface area contributed by atoms with Crippen LogP contribution in [-0.4, -0.2) is 42.6 Å². The van der Waals surface area contributed by atoms with Crippen LogP contribution in [0.1, 0.15) is 25.8 Å². The maximum Gasteiger partial charge on any atom is 0.323 e. The summed E-state index contributed by atoms with van der Waals surface area (Å²) < 4.78 is 10.4. The van der Waals surface area contributed by atoms with Gasteiger partial charge >= 0.3 is 5.97 Å². The highest BCUT2D eigenvalue weighted by atomic mass is 16.5. The van der Waals surface area contributed by atoms with E-state index >= 15 is 0 Å². The largest absolute Gasteiger partial charge is 0.497 e. The number of allylic oxidation sites excluding steroid dienone is 1. The summed E-state index contributed by atoms with van der Waals surface area (Å²) in [5, 5.41) is 9.12. The Hall–Kier alpha value is -2.50. The fraction of sp³-hybridized carbons (Fsp3) is 0.444. The average Bonchev–Trinajstić information content (AvgIpc) is 2.51. The fourth-order valence-corrected chi connectivity index (χ4v) is 2.47. The van der Waals surface area contributed by atoms with E-state index in [0.29, 0.717) is 17.9 Å². The summed E-state index contributed by atoms with van der Waals surface area (Å²) in [5.74, 6) is -0.429. The van der Waals surface area contributed by atoms with Crippen molar-refractivity contribution in [3.8, 4) is 11.5 Å². The predicted molar refractivity (Wildman–Crippen MR) is 91.2 cm³/mol. The van der Waals surface area contributed by atoms with Crippen LogP contribution in [0.2, 0.25) is 0 Å². The topological polar surface area (TPSA) is 76.1 Å². The maximum atomic E-state index is 12.6. The molecule has 1 N–H and O–H groups in total. The van der Waals surface area contributed by atoms with Crippen LogP contribution >= 0.6 is 0 Å². The lowest BCUT2D eigenvalue weighted by atomic mass is 10.0. The van der Waals surface area contributed by atoms with Gasteiger partial charge in [0.25, 0.3) is 0 Å². The monoisotopic (exact) mass is 335 g/mol. The Morgan fingerprint density at radius 2 is 1.75 bits per heavy atom. The molecule has 0 radical (unpaired) electrons. The number of hydrogen-bond acceptors (Lipinski definition) is 4. The molecule has 0 aliphatic rings. The molecule has 1 rings (SSSR count). The molecule has 1 aromatic rings. The summed E-state index contributed by atoms with van der Waals surface area (Å²) in [6.07, 6.45) is 0.524. The van der Waals surface area contributed by atoms with Gasteiger partial charge in [0.1, 0.15) is 18.0 Å². The second kappa shape index (κ2) is 8.96. The molecule has 0 saturated heterocycles. The van der Waals surface area contributed by atoms with E-state index in [1.807, 2.05) is 6.92 Å². The Morgan fingerprint density at radius 3 is 2.17 bits per heavy atom. The van der Waals surface area contributed by atoms with Crippen LogP contribution in [0.5, 0.6) is 11.5 Å². The van der Waals surface area contributed by atoms with Crippen molar-refractivity contribution >= 4 is 11.9 Å². The zero-order valence-electron chi connectivity index (χ0n) is 14.7. The van der Waals surface area contributed by atoms with Crippen LogP contribution in [0.15, 0.2) is 30.4 Å². The third-order valence-electron chi connectivity index (χ3n) is 3.50. The van der Waals surface area contributed by atoms with Crippen molar-refractivity contribution in [1.82, 2.24) is 4.90 Å². The van der Waals surface area contributed by atoms with Crippen LogP contribution < -0.4 is 9.47 Å². The van der Waals surface area contributed by atoms with Crippen LogP contribution in [0, 0.1) is 5.92 Å². The zero-order valence-corrected chi connectivity index (χ0v) is 14.7. The Kier molecular flexibility index (Phi) is 7.30. The summed E-state index contributed by atoms with van der Waals surface area (Å²) in [4.78, 5) is 25.0. The van der Waals surface area contributed by atoms with Crippen molar-refractivity contribution in [3.05, 3.63) is 35.9 Å². The average molecular weight is 335 g/mol. The molecule has 0 fully saturated rings. The lowest BCUT2D eigenvalue weighted by Crippen LogP contribution is -2.38. The summed E-state index contributed by atoms with van der Waals surface area (Å²) in [5.41, 5.74) is 1.62. The number of hydrogen-bond donors (Lipinski definition) is 1. The second-order valence-corrected chi connectivity index (χ2v) is 5.87. The third-order valence-corrected chi connectivity index (χ3v) is 3.50. The van der Waals surface area contributed by atoms with Gasteiger partial charge in [-0.15, -0.1) is 6.58 Å². The van der Waals surface area contributed by atoms with Gasteiger partial charge in [-0.2, -0.15) is 0 Å². The van der Waals surface area contributed by atoms with Gasteiger partial charge in [-0.1, -0.05) is 12.5 Å². The van der Waals surface area contributed by atoms with Gasteiger partial charge in [0, 0.05) is 18.5 Å². The molecule has 0 spiro atoms. The number of ether oxygens (including phenoxy) is 2. The van der Waals surface area contributed by atoms with Crippen molar-refractivity contribution in [2.45, 2.75) is 26.8 Å². The number of benzene rings is 1. The molecule has 6 nitrogen and oxygen atoms in total. The summed E-state index contributed by atoms with van der Waals surface area (Å²) in [6, 6.07) is 5.23. The minimum atomic E-state index is -1.05. The number of rotatable bonds is 9. The minimum Gasteiger partial charge on any atom is -0.497 e. The number of carboxylic acid groups (broad SMARTS) is 1. The van der Waals surface area contributed by atoms with Crippen LogP contribution in [0.4, 0.5) is 0 Å². The molecule has 1 aromatic carbocycles. The first-order valence-electron chi connectivity index (χ1n) is 7.63. The number of amides is 1. The van der Waals surface area contributed by atoms with Gasteiger partial charge in [-0.25, -0.2) is 0 Å². The second-order valence-electron chi connectivity index (χ2n) is 5.87. The lowest BCUT2D eigenvalue weighted by Gasteiger charge is -2.25. The molecule has 132 valence electrons. The molecule has 0 aromatic heterocycles. The van der Waals surface area contributed by atoms with Gasteiger partial charge in [0.15, 0.2) is 0 Å². The van der Waals surface area contributed by atoms with Gasteiger partial charge < -0.3 is 19.5 Å². The van der Waals surface area contributed by atoms with E-state index in [0.717, 1.165) is 11.1 Å². The fourth-order valence-electron chi connectivity index (χ4n) is 2.47. The zero-order chi connectivity index (χ0) is 18.3. The highest BCUT2D eigenvalue weighted by Gasteiger charge is 2.23. The molecular weight excluding hydrogens is 310 g/mol. The van der Waals surface area contributed by atoms with Crippen LogP contribution in [0.3, 0.4) is 0 Å². The first kappa shape index (κ1) is 19.5. The molecular formula is C18H25NO5. The summed E-state index contributed by atoms with van der Waals surface area (Å²) >= 11 is 0. The van der Waals surface area contributed by atoms with Crippen molar-refractivity contribution in [3.63, 3.8) is 0 Å². The highest BCUT2D eigenvalue weighted by Crippen LogP contribution is 2.24.